The SMILES string of the molecule is O=C(Cn1c(COc2ccccc2)nc2ccccc21)N[C@H]1CCC[C@H]1C(=O)O. The number of aliphatic carboxylic acids is 1. The molecule has 0 radical (unpaired) electrons. The molecule has 7 heteroatoms. The average Bonchev–Trinajstić information content (AvgIpc) is 3.32. The summed E-state index contributed by atoms with van der Waals surface area (Å²) in [7, 11) is 0. The highest BCUT2D eigenvalue weighted by atomic mass is 16.5. The Hall–Kier alpha value is -3.35. The van der Waals surface area contributed by atoms with Crippen molar-refractivity contribution >= 4 is 22.9 Å². The number of nitrogens with one attached hydrogen (secondary N) is 1. The molecule has 0 unspecified atom stereocenters. The van der Waals surface area contributed by atoms with E-state index in [0.29, 0.717) is 18.7 Å². The molecular formula is C22H23N3O4. The highest BCUT2D eigenvalue weighted by molar-refractivity contribution is 5.82. The van der Waals surface area contributed by atoms with Crippen LogP contribution in [-0.2, 0) is 22.7 Å². The third-order valence-electron chi connectivity index (χ3n) is 5.33. The molecule has 0 saturated heterocycles. The van der Waals surface area contributed by atoms with Crippen molar-refractivity contribution in [3.05, 3.63) is 60.4 Å². The number of benzene rings is 2. The number of hydrogen-bond acceptors (Lipinski definition) is 4. The molecule has 2 N–H and O–H groups in total. The predicted octanol–water partition coefficient (Wildman–Crippen LogP) is 2.98. The van der Waals surface area contributed by atoms with E-state index in [1.54, 1.807) is 0 Å². The number of carboxylic acids is 1. The third-order valence-corrected chi connectivity index (χ3v) is 5.33. The minimum Gasteiger partial charge on any atom is -0.486 e. The lowest BCUT2D eigenvalue weighted by Crippen LogP contribution is -2.41. The number of nitrogens with zero attached hydrogens (tertiary/aromatic N) is 2. The standard InChI is InChI=1S/C22H23N3O4/c26-21(24-17-11-6-9-16(17)22(27)28)13-25-19-12-5-4-10-18(19)23-20(25)14-29-15-7-2-1-3-8-15/h1-5,7-8,10,12,16-17H,6,9,11,13-14H2,(H,24,26)(H,27,28)/t16-,17+/m1/s1. The number of hydrogen-bond donors (Lipinski definition) is 2. The van der Waals surface area contributed by atoms with Crippen LogP contribution < -0.4 is 10.1 Å². The van der Waals surface area contributed by atoms with Crippen molar-refractivity contribution in [2.45, 2.75) is 38.5 Å². The Morgan fingerprint density at radius 1 is 1.10 bits per heavy atom. The van der Waals surface area contributed by atoms with Crippen LogP contribution in [0.4, 0.5) is 0 Å². The van der Waals surface area contributed by atoms with E-state index in [1.165, 1.54) is 0 Å². The van der Waals surface area contributed by atoms with Gasteiger partial charge in [0.15, 0.2) is 0 Å². The molecule has 0 spiro atoms. The van der Waals surface area contributed by atoms with E-state index >= 15 is 0 Å². The first-order valence-electron chi connectivity index (χ1n) is 9.76. The Labute approximate surface area is 168 Å². The van der Waals surface area contributed by atoms with E-state index in [4.69, 9.17) is 4.74 Å². The summed E-state index contributed by atoms with van der Waals surface area (Å²) >= 11 is 0. The van der Waals surface area contributed by atoms with Crippen molar-refractivity contribution in [3.8, 4) is 5.75 Å². The van der Waals surface area contributed by atoms with E-state index in [9.17, 15) is 14.7 Å². The van der Waals surface area contributed by atoms with Gasteiger partial charge in [0.05, 0.1) is 17.0 Å². The van der Waals surface area contributed by atoms with E-state index in [-0.39, 0.29) is 25.1 Å². The zero-order chi connectivity index (χ0) is 20.2. The van der Waals surface area contributed by atoms with Crippen LogP contribution in [0.15, 0.2) is 54.6 Å². The fourth-order valence-corrected chi connectivity index (χ4v) is 3.90. The summed E-state index contributed by atoms with van der Waals surface area (Å²) in [5, 5.41) is 12.2. The highest BCUT2D eigenvalue weighted by Crippen LogP contribution is 2.26. The number of fused-ring (bicyclic) bond motifs is 1. The molecule has 4 rings (SSSR count). The molecular weight excluding hydrogens is 370 g/mol. The molecule has 1 aromatic heterocycles. The van der Waals surface area contributed by atoms with Crippen LogP contribution in [0.25, 0.3) is 11.0 Å². The summed E-state index contributed by atoms with van der Waals surface area (Å²) in [5.74, 6) is -0.207. The fourth-order valence-electron chi connectivity index (χ4n) is 3.90. The van der Waals surface area contributed by atoms with Crippen molar-refractivity contribution in [1.29, 1.82) is 0 Å². The summed E-state index contributed by atoms with van der Waals surface area (Å²) in [6.45, 7) is 0.296. The number of rotatable bonds is 7. The number of ether oxygens (including phenoxy) is 1. The summed E-state index contributed by atoms with van der Waals surface area (Å²) in [6.07, 6.45) is 2.11. The molecule has 2 aromatic carbocycles. The van der Waals surface area contributed by atoms with Gasteiger partial charge in [0, 0.05) is 6.04 Å². The van der Waals surface area contributed by atoms with Gasteiger partial charge in [-0.1, -0.05) is 36.8 Å². The fraction of sp³-hybridized carbons (Fsp3) is 0.318. The van der Waals surface area contributed by atoms with Gasteiger partial charge in [-0.15, -0.1) is 0 Å². The first-order valence-corrected chi connectivity index (χ1v) is 9.76. The molecule has 29 heavy (non-hydrogen) atoms. The molecule has 2 atom stereocenters. The van der Waals surface area contributed by atoms with Gasteiger partial charge in [0.1, 0.15) is 24.7 Å². The Bertz CT molecular complexity index is 1020. The summed E-state index contributed by atoms with van der Waals surface area (Å²) in [6, 6.07) is 16.7. The van der Waals surface area contributed by atoms with Crippen molar-refractivity contribution in [3.63, 3.8) is 0 Å². The first-order chi connectivity index (χ1) is 14.1. The van der Waals surface area contributed by atoms with Crippen molar-refractivity contribution in [2.75, 3.05) is 0 Å². The Morgan fingerprint density at radius 3 is 2.66 bits per heavy atom. The summed E-state index contributed by atoms with van der Waals surface area (Å²) in [5.41, 5.74) is 1.63. The molecule has 1 aliphatic rings. The van der Waals surface area contributed by atoms with Gasteiger partial charge in [-0.2, -0.15) is 0 Å². The molecule has 1 heterocycles. The zero-order valence-electron chi connectivity index (χ0n) is 16.0. The summed E-state index contributed by atoms with van der Waals surface area (Å²) < 4.78 is 7.66. The smallest absolute Gasteiger partial charge is 0.308 e. The number of carbonyl (C=O) groups is 2. The van der Waals surface area contributed by atoms with Crippen molar-refractivity contribution in [1.82, 2.24) is 14.9 Å². The molecule has 1 amide bonds. The maximum Gasteiger partial charge on any atom is 0.308 e. The number of imidazole rings is 1. The van der Waals surface area contributed by atoms with Crippen LogP contribution in [0.2, 0.25) is 0 Å². The van der Waals surface area contributed by atoms with Gasteiger partial charge in [0.2, 0.25) is 5.91 Å². The van der Waals surface area contributed by atoms with Crippen molar-refractivity contribution < 1.29 is 19.4 Å². The number of aromatic nitrogens is 2. The first kappa shape index (κ1) is 19.0. The monoisotopic (exact) mass is 393 g/mol. The number of para-hydroxylation sites is 3. The van der Waals surface area contributed by atoms with Gasteiger partial charge in [0.25, 0.3) is 0 Å². The van der Waals surface area contributed by atoms with E-state index < -0.39 is 11.9 Å². The third kappa shape index (κ3) is 4.23. The maximum absolute atomic E-state index is 12.7. The number of carbonyl (C=O) groups excluding carboxylic acids is 1. The predicted molar refractivity (Wildman–Crippen MR) is 107 cm³/mol. The number of amides is 1. The van der Waals surface area contributed by atoms with Gasteiger partial charge < -0.3 is 19.7 Å². The quantitative estimate of drug-likeness (QED) is 0.644. The van der Waals surface area contributed by atoms with E-state index in [1.807, 2.05) is 59.2 Å². The van der Waals surface area contributed by atoms with Crippen LogP contribution in [0.1, 0.15) is 25.1 Å². The van der Waals surface area contributed by atoms with Gasteiger partial charge >= 0.3 is 5.97 Å². The number of carboxylic acid groups (broad SMARTS) is 1. The second kappa shape index (κ2) is 8.34. The molecule has 1 aliphatic carbocycles. The Morgan fingerprint density at radius 2 is 1.86 bits per heavy atom. The van der Waals surface area contributed by atoms with E-state index in [2.05, 4.69) is 10.3 Å². The topological polar surface area (TPSA) is 93.5 Å². The molecule has 0 bridgehead atoms. The molecule has 1 fully saturated rings. The van der Waals surface area contributed by atoms with E-state index in [0.717, 1.165) is 23.2 Å². The molecule has 1 saturated carbocycles. The van der Waals surface area contributed by atoms with Crippen LogP contribution in [0.3, 0.4) is 0 Å². The minimum atomic E-state index is -0.849. The normalized spacial score (nSPS) is 18.6. The Balaban J connectivity index is 1.52. The minimum absolute atomic E-state index is 0.0663. The van der Waals surface area contributed by atoms with Crippen LogP contribution in [-0.4, -0.2) is 32.6 Å². The highest BCUT2D eigenvalue weighted by Gasteiger charge is 2.34. The van der Waals surface area contributed by atoms with Crippen molar-refractivity contribution in [2.24, 2.45) is 5.92 Å². The van der Waals surface area contributed by atoms with Gasteiger partial charge in [-0.3, -0.25) is 9.59 Å². The lowest BCUT2D eigenvalue weighted by molar-refractivity contribution is -0.142. The lowest BCUT2D eigenvalue weighted by Gasteiger charge is -2.18. The van der Waals surface area contributed by atoms with Gasteiger partial charge in [-0.05, 0) is 37.1 Å². The molecule has 7 nitrogen and oxygen atoms in total. The molecule has 150 valence electrons. The van der Waals surface area contributed by atoms with Crippen LogP contribution in [0, 0.1) is 5.92 Å². The molecule has 3 aromatic rings. The average molecular weight is 393 g/mol. The summed E-state index contributed by atoms with van der Waals surface area (Å²) in [4.78, 5) is 28.7. The second-order valence-electron chi connectivity index (χ2n) is 7.25. The zero-order valence-corrected chi connectivity index (χ0v) is 16.0. The van der Waals surface area contributed by atoms with Crippen LogP contribution in [0.5, 0.6) is 5.75 Å². The maximum atomic E-state index is 12.7. The second-order valence-corrected chi connectivity index (χ2v) is 7.25. The lowest BCUT2D eigenvalue weighted by atomic mass is 10.0. The largest absolute Gasteiger partial charge is 0.486 e. The molecule has 0 aliphatic heterocycles. The Kier molecular flexibility index (Phi) is 5.46. The van der Waals surface area contributed by atoms with Gasteiger partial charge in [-0.25, -0.2) is 4.98 Å². The van der Waals surface area contributed by atoms with Crippen LogP contribution >= 0.6 is 0 Å².